The van der Waals surface area contributed by atoms with Crippen molar-refractivity contribution in [1.29, 1.82) is 0 Å². The molecule has 0 aromatic rings. The zero-order valence-electron chi connectivity index (χ0n) is 12.3. The fraction of sp³-hybridized carbons (Fsp3) is 0.556. The van der Waals surface area contributed by atoms with Gasteiger partial charge in [-0.15, -0.1) is 6.42 Å². The van der Waals surface area contributed by atoms with Gasteiger partial charge in [0.05, 0.1) is 0 Å². The number of rotatable bonds is 7. The van der Waals surface area contributed by atoms with Gasteiger partial charge in [0.2, 0.25) is 0 Å². The molecule has 1 aliphatic rings. The van der Waals surface area contributed by atoms with E-state index in [1.807, 2.05) is 18.2 Å². The van der Waals surface area contributed by atoms with Crippen molar-refractivity contribution >= 4 is 0 Å². The van der Waals surface area contributed by atoms with Crippen LogP contribution in [0.5, 0.6) is 0 Å². The van der Waals surface area contributed by atoms with Crippen molar-refractivity contribution < 1.29 is 0 Å². The Bertz CT molecular complexity index is 386. The number of hydrogen-bond donors (Lipinski definition) is 1. The van der Waals surface area contributed by atoms with E-state index in [1.165, 1.54) is 38.5 Å². The number of terminal acetylenes is 1. The maximum atomic E-state index is 5.52. The number of hydrogen-bond acceptors (Lipinski definition) is 1. The lowest BCUT2D eigenvalue weighted by molar-refractivity contribution is 0.267. The first kappa shape index (κ1) is 15.8. The van der Waals surface area contributed by atoms with Crippen molar-refractivity contribution in [2.24, 2.45) is 11.1 Å². The molecular weight excluding hydrogens is 230 g/mol. The van der Waals surface area contributed by atoms with E-state index in [0.29, 0.717) is 12.0 Å². The average Bonchev–Trinajstić information content (AvgIpc) is 2.83. The molecule has 1 nitrogen and oxygen atoms in total. The number of nitrogens with two attached hydrogens (primary N) is 1. The van der Waals surface area contributed by atoms with Crippen LogP contribution in [0.2, 0.25) is 0 Å². The summed E-state index contributed by atoms with van der Waals surface area (Å²) >= 11 is 0. The molecule has 1 fully saturated rings. The highest BCUT2D eigenvalue weighted by Crippen LogP contribution is 2.47. The van der Waals surface area contributed by atoms with Gasteiger partial charge in [-0.2, -0.15) is 0 Å². The summed E-state index contributed by atoms with van der Waals surface area (Å²) in [6.45, 7) is 7.07. The van der Waals surface area contributed by atoms with Gasteiger partial charge in [-0.05, 0) is 48.3 Å². The van der Waals surface area contributed by atoms with Crippen molar-refractivity contribution in [3.8, 4) is 12.3 Å². The quantitative estimate of drug-likeness (QED) is 0.532. The highest BCUT2D eigenvalue weighted by atomic mass is 14.5. The highest BCUT2D eigenvalue weighted by Gasteiger charge is 2.33. The van der Waals surface area contributed by atoms with Gasteiger partial charge in [-0.25, -0.2) is 0 Å². The zero-order chi connectivity index (χ0) is 14.1. The van der Waals surface area contributed by atoms with Gasteiger partial charge in [0.25, 0.3) is 0 Å². The first-order valence-electron chi connectivity index (χ1n) is 7.38. The average molecular weight is 257 g/mol. The van der Waals surface area contributed by atoms with Crippen LogP contribution in [0.25, 0.3) is 0 Å². The second-order valence-corrected chi connectivity index (χ2v) is 5.64. The molecule has 1 saturated carbocycles. The van der Waals surface area contributed by atoms with Crippen LogP contribution >= 0.6 is 0 Å². The first-order chi connectivity index (χ1) is 9.17. The van der Waals surface area contributed by atoms with E-state index in [-0.39, 0.29) is 0 Å². The van der Waals surface area contributed by atoms with Crippen LogP contribution in [0.15, 0.2) is 36.0 Å². The summed E-state index contributed by atoms with van der Waals surface area (Å²) in [5.74, 6) is 2.61. The Morgan fingerprint density at radius 1 is 1.42 bits per heavy atom. The molecule has 0 heterocycles. The molecule has 0 amide bonds. The fourth-order valence-electron chi connectivity index (χ4n) is 3.28. The Labute approximate surface area is 118 Å². The molecule has 0 atom stereocenters. The molecule has 0 spiro atoms. The van der Waals surface area contributed by atoms with E-state index in [4.69, 9.17) is 12.2 Å². The van der Waals surface area contributed by atoms with Gasteiger partial charge in [0.1, 0.15) is 0 Å². The zero-order valence-corrected chi connectivity index (χ0v) is 12.3. The van der Waals surface area contributed by atoms with Crippen LogP contribution < -0.4 is 5.73 Å². The monoisotopic (exact) mass is 257 g/mol. The minimum absolute atomic E-state index is 0.468. The van der Waals surface area contributed by atoms with Crippen LogP contribution in [0.1, 0.15) is 51.9 Å². The lowest BCUT2D eigenvalue weighted by Gasteiger charge is -2.30. The van der Waals surface area contributed by atoms with Gasteiger partial charge >= 0.3 is 0 Å². The molecule has 0 bridgehead atoms. The van der Waals surface area contributed by atoms with E-state index in [9.17, 15) is 0 Å². The van der Waals surface area contributed by atoms with E-state index < -0.39 is 0 Å². The topological polar surface area (TPSA) is 26.0 Å². The maximum absolute atomic E-state index is 5.52. The molecule has 1 rings (SSSR count). The van der Waals surface area contributed by atoms with E-state index in [2.05, 4.69) is 19.4 Å². The van der Waals surface area contributed by atoms with Crippen molar-refractivity contribution in [2.75, 3.05) is 6.54 Å². The van der Waals surface area contributed by atoms with Crippen LogP contribution in [-0.4, -0.2) is 6.54 Å². The minimum Gasteiger partial charge on any atom is -0.327 e. The molecule has 0 aromatic heterocycles. The van der Waals surface area contributed by atoms with E-state index in [1.54, 1.807) is 0 Å². The molecule has 0 radical (unpaired) electrons. The Morgan fingerprint density at radius 3 is 2.63 bits per heavy atom. The minimum atomic E-state index is 0.468. The SMILES string of the molecule is C#C/C=C(\C=C/CN)C(=C)CC1(CCC)CCCC1. The van der Waals surface area contributed by atoms with Crippen LogP contribution in [0, 0.1) is 17.8 Å². The summed E-state index contributed by atoms with van der Waals surface area (Å²) < 4.78 is 0. The lowest BCUT2D eigenvalue weighted by Crippen LogP contribution is -2.17. The molecular formula is C18H27N. The Morgan fingerprint density at radius 2 is 2.11 bits per heavy atom. The molecule has 0 saturated heterocycles. The molecule has 19 heavy (non-hydrogen) atoms. The van der Waals surface area contributed by atoms with Crippen molar-refractivity contribution in [1.82, 2.24) is 0 Å². The third kappa shape index (κ3) is 4.73. The number of allylic oxidation sites excluding steroid dienone is 4. The Balaban J connectivity index is 2.78. The molecule has 104 valence electrons. The van der Waals surface area contributed by atoms with Crippen molar-refractivity contribution in [3.05, 3.63) is 36.0 Å². The lowest BCUT2D eigenvalue weighted by atomic mass is 9.75. The first-order valence-corrected chi connectivity index (χ1v) is 7.38. The molecule has 1 aliphatic carbocycles. The Kier molecular flexibility index (Phi) is 6.67. The maximum Gasteiger partial charge on any atom is 0.0110 e. The summed E-state index contributed by atoms with van der Waals surface area (Å²) in [5.41, 5.74) is 8.21. The molecule has 0 unspecified atom stereocenters. The second-order valence-electron chi connectivity index (χ2n) is 5.64. The standard InChI is InChI=1S/C18H27N/c1-4-9-17(10-8-14-19)16(3)15-18(11-5-2)12-6-7-13-18/h1,8-10H,3,5-7,11-15,19H2,2H3/b10-8-,17-9+. The van der Waals surface area contributed by atoms with Gasteiger partial charge in [-0.1, -0.05) is 50.8 Å². The van der Waals surface area contributed by atoms with Crippen LogP contribution in [0.4, 0.5) is 0 Å². The third-order valence-electron chi connectivity index (χ3n) is 4.11. The van der Waals surface area contributed by atoms with Crippen molar-refractivity contribution in [3.63, 3.8) is 0 Å². The van der Waals surface area contributed by atoms with E-state index in [0.717, 1.165) is 17.6 Å². The van der Waals surface area contributed by atoms with Crippen LogP contribution in [-0.2, 0) is 0 Å². The molecule has 0 aliphatic heterocycles. The van der Waals surface area contributed by atoms with Crippen molar-refractivity contribution in [2.45, 2.75) is 51.9 Å². The van der Waals surface area contributed by atoms with Gasteiger partial charge < -0.3 is 5.73 Å². The predicted octanol–water partition coefficient (Wildman–Crippen LogP) is 4.37. The summed E-state index contributed by atoms with van der Waals surface area (Å²) in [7, 11) is 0. The molecule has 1 heteroatoms. The predicted molar refractivity (Wildman–Crippen MR) is 84.7 cm³/mol. The Hall–Kier alpha value is -1.26. The summed E-state index contributed by atoms with van der Waals surface area (Å²) in [6, 6.07) is 0. The fourth-order valence-corrected chi connectivity index (χ4v) is 3.28. The highest BCUT2D eigenvalue weighted by molar-refractivity contribution is 5.42. The smallest absolute Gasteiger partial charge is 0.0110 e. The summed E-state index contributed by atoms with van der Waals surface area (Å²) in [6.07, 6.45) is 20.2. The van der Waals surface area contributed by atoms with Gasteiger partial charge in [-0.3, -0.25) is 0 Å². The van der Waals surface area contributed by atoms with Gasteiger partial charge in [0.15, 0.2) is 0 Å². The van der Waals surface area contributed by atoms with E-state index >= 15 is 0 Å². The normalized spacial score (nSPS) is 18.7. The summed E-state index contributed by atoms with van der Waals surface area (Å²) in [4.78, 5) is 0. The second kappa shape index (κ2) is 8.02. The van der Waals surface area contributed by atoms with Crippen LogP contribution in [0.3, 0.4) is 0 Å². The van der Waals surface area contributed by atoms with Gasteiger partial charge in [0, 0.05) is 6.54 Å². The largest absolute Gasteiger partial charge is 0.327 e. The molecule has 0 aromatic carbocycles. The third-order valence-corrected chi connectivity index (χ3v) is 4.11. The summed E-state index contributed by atoms with van der Waals surface area (Å²) in [5, 5.41) is 0. The molecule has 2 N–H and O–H groups in total.